The number of nitrogens with zero attached hydrogens (tertiary/aromatic N) is 2. The maximum atomic E-state index is 4.55. The quantitative estimate of drug-likeness (QED) is 0.821. The Kier molecular flexibility index (Phi) is 3.87. The lowest BCUT2D eigenvalue weighted by Gasteiger charge is -2.14. The molecule has 1 N–H and O–H groups in total. The minimum absolute atomic E-state index is 0.578. The van der Waals surface area contributed by atoms with Crippen LogP contribution in [0.4, 0.5) is 0 Å². The second-order valence-electron chi connectivity index (χ2n) is 5.80. The van der Waals surface area contributed by atoms with Crippen LogP contribution in [-0.2, 0) is 6.54 Å². The van der Waals surface area contributed by atoms with Gasteiger partial charge in [-0.05, 0) is 45.1 Å². The van der Waals surface area contributed by atoms with Crippen molar-refractivity contribution < 1.29 is 0 Å². The number of aromatic nitrogens is 2. The van der Waals surface area contributed by atoms with Gasteiger partial charge in [0.15, 0.2) is 0 Å². The van der Waals surface area contributed by atoms with Crippen molar-refractivity contribution >= 4 is 0 Å². The first kappa shape index (κ1) is 12.6. The molecule has 0 amide bonds. The summed E-state index contributed by atoms with van der Waals surface area (Å²) in [5.41, 5.74) is 2.68. The van der Waals surface area contributed by atoms with Crippen LogP contribution in [0.2, 0.25) is 0 Å². The lowest BCUT2D eigenvalue weighted by Crippen LogP contribution is -2.19. The van der Waals surface area contributed by atoms with Gasteiger partial charge < -0.3 is 5.32 Å². The third-order valence-electron chi connectivity index (χ3n) is 3.70. The van der Waals surface area contributed by atoms with Crippen molar-refractivity contribution in [3.63, 3.8) is 0 Å². The van der Waals surface area contributed by atoms with E-state index in [2.05, 4.69) is 42.8 Å². The van der Waals surface area contributed by atoms with E-state index in [0.717, 1.165) is 19.0 Å². The van der Waals surface area contributed by atoms with Crippen LogP contribution < -0.4 is 5.32 Å². The van der Waals surface area contributed by atoms with Crippen LogP contribution in [0.1, 0.15) is 50.9 Å². The molecule has 3 nitrogen and oxygen atoms in total. The van der Waals surface area contributed by atoms with Crippen LogP contribution in [0.3, 0.4) is 0 Å². The molecular weight excluding hydrogens is 210 g/mol. The Labute approximate surface area is 105 Å². The fourth-order valence-corrected chi connectivity index (χ4v) is 2.32. The van der Waals surface area contributed by atoms with Gasteiger partial charge in [0, 0.05) is 17.8 Å². The third kappa shape index (κ3) is 3.09. The van der Waals surface area contributed by atoms with Gasteiger partial charge in [-0.1, -0.05) is 13.8 Å². The zero-order chi connectivity index (χ0) is 12.4. The molecule has 1 saturated carbocycles. The van der Waals surface area contributed by atoms with Gasteiger partial charge in [-0.3, -0.25) is 4.68 Å². The molecule has 1 atom stereocenters. The minimum Gasteiger partial charge on any atom is -0.312 e. The van der Waals surface area contributed by atoms with Gasteiger partial charge in [0.25, 0.3) is 0 Å². The highest BCUT2D eigenvalue weighted by molar-refractivity contribution is 5.16. The molecule has 1 aliphatic carbocycles. The lowest BCUT2D eigenvalue weighted by molar-refractivity contribution is 0.430. The molecule has 1 unspecified atom stereocenters. The molecule has 3 heteroatoms. The molecule has 0 saturated heterocycles. The highest BCUT2D eigenvalue weighted by atomic mass is 15.3. The molecule has 0 spiro atoms. The lowest BCUT2D eigenvalue weighted by atomic mass is 10.2. The van der Waals surface area contributed by atoms with E-state index in [4.69, 9.17) is 0 Å². The highest BCUT2D eigenvalue weighted by Gasteiger charge is 2.30. The fraction of sp³-hybridized carbons (Fsp3) is 0.786. The van der Waals surface area contributed by atoms with E-state index < -0.39 is 0 Å². The van der Waals surface area contributed by atoms with Crippen molar-refractivity contribution in [2.45, 2.75) is 53.1 Å². The van der Waals surface area contributed by atoms with Gasteiger partial charge in [0.05, 0.1) is 12.2 Å². The summed E-state index contributed by atoms with van der Waals surface area (Å²) in [7, 11) is 0. The van der Waals surface area contributed by atoms with Crippen LogP contribution in [0.15, 0.2) is 6.20 Å². The summed E-state index contributed by atoms with van der Waals surface area (Å²) in [5, 5.41) is 8.04. The summed E-state index contributed by atoms with van der Waals surface area (Å²) in [6.45, 7) is 11.0. The monoisotopic (exact) mass is 235 g/mol. The number of nitrogens with one attached hydrogen (secondary N) is 1. The van der Waals surface area contributed by atoms with E-state index in [0.29, 0.717) is 12.0 Å². The minimum atomic E-state index is 0.578. The number of rotatable bonds is 6. The molecule has 1 heterocycles. The van der Waals surface area contributed by atoms with Crippen LogP contribution >= 0.6 is 0 Å². The maximum absolute atomic E-state index is 4.55. The predicted molar refractivity (Wildman–Crippen MR) is 70.9 cm³/mol. The Bertz CT molecular complexity index is 364. The SMILES string of the molecule is Cc1c(CNCC(C)C)cnn1C(C)C1CC1. The first-order valence-corrected chi connectivity index (χ1v) is 6.83. The van der Waals surface area contributed by atoms with Crippen molar-refractivity contribution in [1.82, 2.24) is 15.1 Å². The predicted octanol–water partition coefficient (Wildman–Crippen LogP) is 2.91. The zero-order valence-electron chi connectivity index (χ0n) is 11.5. The fourth-order valence-electron chi connectivity index (χ4n) is 2.32. The van der Waals surface area contributed by atoms with Crippen LogP contribution in [0, 0.1) is 18.8 Å². The second-order valence-corrected chi connectivity index (χ2v) is 5.80. The first-order valence-electron chi connectivity index (χ1n) is 6.83. The molecule has 1 aliphatic rings. The Morgan fingerprint density at radius 3 is 2.71 bits per heavy atom. The Hall–Kier alpha value is -0.830. The smallest absolute Gasteiger partial charge is 0.0537 e. The molecular formula is C14H25N3. The van der Waals surface area contributed by atoms with Crippen LogP contribution in [-0.4, -0.2) is 16.3 Å². The summed E-state index contributed by atoms with van der Waals surface area (Å²) in [6.07, 6.45) is 4.78. The molecule has 0 aromatic carbocycles. The Balaban J connectivity index is 1.94. The van der Waals surface area contributed by atoms with Gasteiger partial charge in [0.1, 0.15) is 0 Å². The summed E-state index contributed by atoms with van der Waals surface area (Å²) in [4.78, 5) is 0. The topological polar surface area (TPSA) is 29.9 Å². The van der Waals surface area contributed by atoms with E-state index in [-0.39, 0.29) is 0 Å². The molecule has 1 aromatic rings. The van der Waals surface area contributed by atoms with Crippen LogP contribution in [0.5, 0.6) is 0 Å². The van der Waals surface area contributed by atoms with Crippen molar-refractivity contribution in [2.24, 2.45) is 11.8 Å². The summed E-state index contributed by atoms with van der Waals surface area (Å²) < 4.78 is 2.21. The first-order chi connectivity index (χ1) is 8.09. The number of hydrogen-bond acceptors (Lipinski definition) is 2. The van der Waals surface area contributed by atoms with E-state index in [1.165, 1.54) is 24.1 Å². The van der Waals surface area contributed by atoms with Gasteiger partial charge in [-0.25, -0.2) is 0 Å². The third-order valence-corrected chi connectivity index (χ3v) is 3.70. The zero-order valence-corrected chi connectivity index (χ0v) is 11.5. The Morgan fingerprint density at radius 1 is 1.41 bits per heavy atom. The summed E-state index contributed by atoms with van der Waals surface area (Å²) in [6, 6.07) is 0.578. The average molecular weight is 235 g/mol. The van der Waals surface area contributed by atoms with Gasteiger partial charge in [0.2, 0.25) is 0 Å². The van der Waals surface area contributed by atoms with Gasteiger partial charge in [-0.2, -0.15) is 5.10 Å². The van der Waals surface area contributed by atoms with Crippen molar-refractivity contribution in [1.29, 1.82) is 0 Å². The molecule has 2 rings (SSSR count). The van der Waals surface area contributed by atoms with Crippen molar-refractivity contribution in [3.05, 3.63) is 17.5 Å². The number of hydrogen-bond donors (Lipinski definition) is 1. The normalized spacial score (nSPS) is 17.7. The molecule has 0 radical (unpaired) electrons. The van der Waals surface area contributed by atoms with Gasteiger partial charge in [-0.15, -0.1) is 0 Å². The van der Waals surface area contributed by atoms with E-state index in [9.17, 15) is 0 Å². The van der Waals surface area contributed by atoms with E-state index >= 15 is 0 Å². The molecule has 0 bridgehead atoms. The average Bonchev–Trinajstić information content (AvgIpc) is 3.04. The van der Waals surface area contributed by atoms with E-state index in [1.807, 2.05) is 6.20 Å². The van der Waals surface area contributed by atoms with Crippen molar-refractivity contribution in [2.75, 3.05) is 6.54 Å². The van der Waals surface area contributed by atoms with Crippen LogP contribution in [0.25, 0.3) is 0 Å². The summed E-state index contributed by atoms with van der Waals surface area (Å²) in [5.74, 6) is 1.57. The van der Waals surface area contributed by atoms with E-state index in [1.54, 1.807) is 0 Å². The largest absolute Gasteiger partial charge is 0.312 e. The van der Waals surface area contributed by atoms with Crippen molar-refractivity contribution in [3.8, 4) is 0 Å². The standard InChI is InChI=1S/C14H25N3/c1-10(2)7-15-8-14-9-16-17(12(14)4)11(3)13-5-6-13/h9-11,13,15H,5-8H2,1-4H3. The summed E-state index contributed by atoms with van der Waals surface area (Å²) >= 11 is 0. The highest BCUT2D eigenvalue weighted by Crippen LogP contribution is 2.39. The van der Waals surface area contributed by atoms with Gasteiger partial charge >= 0.3 is 0 Å². The molecule has 17 heavy (non-hydrogen) atoms. The second kappa shape index (κ2) is 5.21. The molecule has 1 aromatic heterocycles. The molecule has 0 aliphatic heterocycles. The maximum Gasteiger partial charge on any atom is 0.0537 e. The molecule has 96 valence electrons. The molecule has 1 fully saturated rings. The Morgan fingerprint density at radius 2 is 2.12 bits per heavy atom.